The molecule has 2 heterocycles. The Morgan fingerprint density at radius 2 is 2.05 bits per heavy atom. The minimum absolute atomic E-state index is 0.580. The van der Waals surface area contributed by atoms with Crippen LogP contribution >= 0.6 is 11.3 Å². The Kier molecular flexibility index (Phi) is 4.08. The highest BCUT2D eigenvalue weighted by atomic mass is 32.1. The number of nitrogens with zero attached hydrogens (tertiary/aromatic N) is 3. The Bertz CT molecular complexity index is 857. The number of thiazole rings is 1. The predicted molar refractivity (Wildman–Crippen MR) is 90.0 cm³/mol. The molecule has 0 fully saturated rings. The lowest BCUT2D eigenvalue weighted by Crippen LogP contribution is -1.83. The topological polar surface area (TPSA) is 49.6 Å². The number of allylic oxidation sites excluding steroid dienone is 1. The molecule has 0 aliphatic heterocycles. The lowest BCUT2D eigenvalue weighted by Gasteiger charge is -1.98. The fourth-order valence-corrected chi connectivity index (χ4v) is 2.92. The molecule has 0 N–H and O–H groups in total. The van der Waals surface area contributed by atoms with E-state index in [-0.39, 0.29) is 0 Å². The van der Waals surface area contributed by atoms with Crippen LogP contribution in [0.3, 0.4) is 0 Å². The van der Waals surface area contributed by atoms with Crippen molar-refractivity contribution < 1.29 is 0 Å². The first-order valence-electron chi connectivity index (χ1n) is 6.81. The van der Waals surface area contributed by atoms with Gasteiger partial charge >= 0.3 is 0 Å². The first-order valence-corrected chi connectivity index (χ1v) is 7.69. The van der Waals surface area contributed by atoms with E-state index in [0.29, 0.717) is 5.57 Å². The molecule has 1 aromatic carbocycles. The van der Waals surface area contributed by atoms with Crippen molar-refractivity contribution in [2.24, 2.45) is 0 Å². The van der Waals surface area contributed by atoms with Gasteiger partial charge in [-0.2, -0.15) is 5.26 Å². The molecule has 0 saturated carbocycles. The molecular formula is C18H13N3S. The maximum absolute atomic E-state index is 9.43. The van der Waals surface area contributed by atoms with Crippen LogP contribution in [0.5, 0.6) is 0 Å². The molecule has 2 aromatic heterocycles. The summed E-state index contributed by atoms with van der Waals surface area (Å²) in [5.74, 6) is 0. The third-order valence-corrected chi connectivity index (χ3v) is 4.06. The van der Waals surface area contributed by atoms with Crippen LogP contribution in [0.15, 0.2) is 54.2 Å². The van der Waals surface area contributed by atoms with Gasteiger partial charge in [0.1, 0.15) is 11.1 Å². The van der Waals surface area contributed by atoms with Crippen LogP contribution in [-0.4, -0.2) is 9.97 Å². The maximum Gasteiger partial charge on any atom is 0.134 e. The minimum Gasteiger partial charge on any atom is -0.265 e. The summed E-state index contributed by atoms with van der Waals surface area (Å²) in [7, 11) is 0. The van der Waals surface area contributed by atoms with E-state index >= 15 is 0 Å². The molecule has 3 nitrogen and oxygen atoms in total. The number of hydrogen-bond donors (Lipinski definition) is 0. The average molecular weight is 303 g/mol. The summed E-state index contributed by atoms with van der Waals surface area (Å²) >= 11 is 1.48. The van der Waals surface area contributed by atoms with Crippen LogP contribution in [0, 0.1) is 18.3 Å². The lowest BCUT2D eigenvalue weighted by molar-refractivity contribution is 1.31. The van der Waals surface area contributed by atoms with Gasteiger partial charge in [0, 0.05) is 23.3 Å². The molecule has 0 saturated heterocycles. The Morgan fingerprint density at radius 1 is 1.23 bits per heavy atom. The maximum atomic E-state index is 9.43. The van der Waals surface area contributed by atoms with Crippen molar-refractivity contribution in [3.05, 3.63) is 70.3 Å². The number of pyridine rings is 1. The molecular weight excluding hydrogens is 290 g/mol. The second kappa shape index (κ2) is 6.33. The highest BCUT2D eigenvalue weighted by molar-refractivity contribution is 7.11. The van der Waals surface area contributed by atoms with E-state index in [0.717, 1.165) is 21.8 Å². The number of aryl methyl sites for hydroxylation is 1. The lowest BCUT2D eigenvalue weighted by atomic mass is 10.1. The molecule has 4 heteroatoms. The number of hydrogen-bond acceptors (Lipinski definition) is 4. The Morgan fingerprint density at radius 3 is 2.77 bits per heavy atom. The molecule has 0 bridgehead atoms. The summed E-state index contributed by atoms with van der Waals surface area (Å²) in [6, 6.07) is 14.1. The smallest absolute Gasteiger partial charge is 0.134 e. The van der Waals surface area contributed by atoms with Gasteiger partial charge in [0.05, 0.1) is 11.3 Å². The van der Waals surface area contributed by atoms with Gasteiger partial charge in [0.25, 0.3) is 0 Å². The van der Waals surface area contributed by atoms with Crippen molar-refractivity contribution in [3.63, 3.8) is 0 Å². The third-order valence-electron chi connectivity index (χ3n) is 3.18. The van der Waals surface area contributed by atoms with Gasteiger partial charge in [0.2, 0.25) is 0 Å². The Balaban J connectivity index is 1.96. The first kappa shape index (κ1) is 14.2. The van der Waals surface area contributed by atoms with Crippen LogP contribution in [-0.2, 0) is 0 Å². The summed E-state index contributed by atoms with van der Waals surface area (Å²) in [6.45, 7) is 2.04. The number of aromatic nitrogens is 2. The van der Waals surface area contributed by atoms with Crippen LogP contribution in [0.2, 0.25) is 0 Å². The largest absolute Gasteiger partial charge is 0.265 e. The van der Waals surface area contributed by atoms with Crippen molar-refractivity contribution >= 4 is 23.0 Å². The number of benzene rings is 1. The molecule has 0 atom stereocenters. The summed E-state index contributed by atoms with van der Waals surface area (Å²) in [4.78, 5) is 8.58. The molecule has 3 aromatic rings. The third kappa shape index (κ3) is 3.11. The van der Waals surface area contributed by atoms with E-state index in [1.807, 2.05) is 48.7 Å². The molecule has 106 valence electrons. The fourth-order valence-electron chi connectivity index (χ4n) is 2.12. The molecule has 0 spiro atoms. The molecule has 22 heavy (non-hydrogen) atoms. The Labute approximate surface area is 133 Å². The zero-order chi connectivity index (χ0) is 15.4. The van der Waals surface area contributed by atoms with E-state index in [4.69, 9.17) is 0 Å². The zero-order valence-electron chi connectivity index (χ0n) is 12.0. The van der Waals surface area contributed by atoms with Crippen LogP contribution < -0.4 is 0 Å². The second-order valence-corrected chi connectivity index (χ2v) is 5.72. The number of nitriles is 1. The predicted octanol–water partition coefficient (Wildman–Crippen LogP) is 4.58. The molecule has 3 rings (SSSR count). The summed E-state index contributed by atoms with van der Waals surface area (Å²) in [5.41, 5.74) is 4.63. The van der Waals surface area contributed by atoms with Crippen molar-refractivity contribution in [2.45, 2.75) is 6.92 Å². The van der Waals surface area contributed by atoms with Crippen LogP contribution in [0.4, 0.5) is 0 Å². The normalized spacial score (nSPS) is 11.2. The fraction of sp³-hybridized carbons (Fsp3) is 0.0556. The van der Waals surface area contributed by atoms with Gasteiger partial charge in [-0.3, -0.25) is 4.98 Å². The zero-order valence-corrected chi connectivity index (χ0v) is 12.8. The van der Waals surface area contributed by atoms with Gasteiger partial charge in [0.15, 0.2) is 0 Å². The van der Waals surface area contributed by atoms with Gasteiger partial charge in [-0.15, -0.1) is 11.3 Å². The molecule has 0 aliphatic carbocycles. The monoisotopic (exact) mass is 303 g/mol. The van der Waals surface area contributed by atoms with Crippen LogP contribution in [0.25, 0.3) is 22.9 Å². The van der Waals surface area contributed by atoms with Crippen molar-refractivity contribution in [1.82, 2.24) is 9.97 Å². The van der Waals surface area contributed by atoms with E-state index < -0.39 is 0 Å². The molecule has 0 amide bonds. The van der Waals surface area contributed by atoms with Gasteiger partial charge in [-0.25, -0.2) is 4.98 Å². The van der Waals surface area contributed by atoms with Gasteiger partial charge in [-0.1, -0.05) is 29.8 Å². The summed E-state index contributed by atoms with van der Waals surface area (Å²) in [5, 5.41) is 12.1. The average Bonchev–Trinajstić information content (AvgIpc) is 3.03. The summed E-state index contributed by atoms with van der Waals surface area (Å²) < 4.78 is 0. The van der Waals surface area contributed by atoms with E-state index in [1.54, 1.807) is 12.4 Å². The highest BCUT2D eigenvalue weighted by Crippen LogP contribution is 2.26. The molecule has 0 aliphatic rings. The molecule has 0 unspecified atom stereocenters. The van der Waals surface area contributed by atoms with Crippen molar-refractivity contribution in [2.75, 3.05) is 0 Å². The SMILES string of the molecule is Cc1cccc(C=C(C#N)c2nc(-c3ccncc3)cs2)c1. The standard InChI is InChI=1S/C18H13N3S/c1-13-3-2-4-14(9-13)10-16(11-19)18-21-17(12-22-18)15-5-7-20-8-6-15/h2-10,12H,1H3. The van der Waals surface area contributed by atoms with Gasteiger partial charge < -0.3 is 0 Å². The van der Waals surface area contributed by atoms with E-state index in [2.05, 4.69) is 22.1 Å². The first-order chi connectivity index (χ1) is 10.8. The summed E-state index contributed by atoms with van der Waals surface area (Å²) in [6.07, 6.45) is 5.35. The minimum atomic E-state index is 0.580. The van der Waals surface area contributed by atoms with Crippen LogP contribution in [0.1, 0.15) is 16.1 Å². The van der Waals surface area contributed by atoms with E-state index in [1.165, 1.54) is 16.9 Å². The quantitative estimate of drug-likeness (QED) is 0.665. The highest BCUT2D eigenvalue weighted by Gasteiger charge is 2.09. The number of rotatable bonds is 3. The molecule has 0 radical (unpaired) electrons. The van der Waals surface area contributed by atoms with Crippen molar-refractivity contribution in [1.29, 1.82) is 5.26 Å². The van der Waals surface area contributed by atoms with Crippen molar-refractivity contribution in [3.8, 4) is 17.3 Å². The second-order valence-electron chi connectivity index (χ2n) is 4.86. The van der Waals surface area contributed by atoms with Gasteiger partial charge in [-0.05, 0) is 30.7 Å². The Hall–Kier alpha value is -2.77. The van der Waals surface area contributed by atoms with E-state index in [9.17, 15) is 5.26 Å².